The van der Waals surface area contributed by atoms with Crippen LogP contribution in [-0.2, 0) is 19.9 Å². The van der Waals surface area contributed by atoms with Crippen molar-refractivity contribution in [2.75, 3.05) is 6.54 Å². The second-order valence-electron chi connectivity index (χ2n) is 7.24. The number of fused-ring (bicyclic) bond motifs is 1. The maximum absolute atomic E-state index is 13.3. The Labute approximate surface area is 144 Å². The topological polar surface area (TPSA) is 25.2 Å². The van der Waals surface area contributed by atoms with E-state index < -0.39 is 0 Å². The van der Waals surface area contributed by atoms with E-state index in [1.54, 1.807) is 0 Å². The lowest BCUT2D eigenvalue weighted by molar-refractivity contribution is 0.0674. The lowest BCUT2D eigenvalue weighted by atomic mass is 10.0. The van der Waals surface area contributed by atoms with Crippen LogP contribution in [0, 0.1) is 0 Å². The molecule has 0 bridgehead atoms. The van der Waals surface area contributed by atoms with E-state index in [-0.39, 0.29) is 11.9 Å². The molecule has 1 unspecified atom stereocenters. The van der Waals surface area contributed by atoms with Crippen LogP contribution in [-0.4, -0.2) is 21.9 Å². The molecule has 1 amide bonds. The van der Waals surface area contributed by atoms with Gasteiger partial charge in [-0.1, -0.05) is 18.9 Å². The Morgan fingerprint density at radius 2 is 1.92 bits per heavy atom. The number of amides is 1. The largest absolute Gasteiger partial charge is 0.353 e. The molecule has 0 saturated carbocycles. The van der Waals surface area contributed by atoms with Crippen molar-refractivity contribution in [2.45, 2.75) is 51.0 Å². The number of rotatable bonds is 2. The van der Waals surface area contributed by atoms with E-state index in [2.05, 4.69) is 47.0 Å². The first-order chi connectivity index (χ1) is 11.7. The quantitative estimate of drug-likeness (QED) is 0.810. The molecule has 1 saturated heterocycles. The maximum atomic E-state index is 13.3. The van der Waals surface area contributed by atoms with Gasteiger partial charge in [-0.2, -0.15) is 0 Å². The van der Waals surface area contributed by atoms with Crippen LogP contribution in [0.15, 0.2) is 36.5 Å². The van der Waals surface area contributed by atoms with Crippen molar-refractivity contribution in [3.05, 3.63) is 58.9 Å². The normalized spacial score (nSPS) is 20.7. The van der Waals surface area contributed by atoms with Gasteiger partial charge >= 0.3 is 0 Å². The standard InChI is InChI=1S/C21H26N2O/c1-22-13-6-10-19(22)20-9-3-2-4-14-23(20)21(24)18-12-11-16-7-5-8-17(16)15-18/h6,10-13,15,20H,2-5,7-9,14H2,1H3. The van der Waals surface area contributed by atoms with E-state index in [0.29, 0.717) is 0 Å². The van der Waals surface area contributed by atoms with Crippen molar-refractivity contribution in [3.63, 3.8) is 0 Å². The van der Waals surface area contributed by atoms with E-state index >= 15 is 0 Å². The summed E-state index contributed by atoms with van der Waals surface area (Å²) in [6, 6.07) is 10.8. The van der Waals surface area contributed by atoms with Crippen molar-refractivity contribution in [1.29, 1.82) is 0 Å². The Morgan fingerprint density at radius 3 is 2.75 bits per heavy atom. The number of aryl methyl sites for hydroxylation is 3. The summed E-state index contributed by atoms with van der Waals surface area (Å²) in [5, 5.41) is 0. The maximum Gasteiger partial charge on any atom is 0.254 e. The van der Waals surface area contributed by atoms with E-state index in [1.807, 2.05) is 6.07 Å². The summed E-state index contributed by atoms with van der Waals surface area (Å²) in [5.74, 6) is 0.206. The first-order valence-corrected chi connectivity index (χ1v) is 9.28. The van der Waals surface area contributed by atoms with Crippen LogP contribution in [0.1, 0.15) is 65.3 Å². The first-order valence-electron chi connectivity index (χ1n) is 9.28. The van der Waals surface area contributed by atoms with Crippen LogP contribution >= 0.6 is 0 Å². The molecule has 4 rings (SSSR count). The molecule has 2 heterocycles. The van der Waals surface area contributed by atoms with Crippen molar-refractivity contribution in [3.8, 4) is 0 Å². The summed E-state index contributed by atoms with van der Waals surface area (Å²) in [7, 11) is 2.08. The fraction of sp³-hybridized carbons (Fsp3) is 0.476. The van der Waals surface area contributed by atoms with Crippen molar-refractivity contribution in [1.82, 2.24) is 9.47 Å². The fourth-order valence-corrected chi connectivity index (χ4v) is 4.35. The molecule has 2 aromatic rings. The fourth-order valence-electron chi connectivity index (χ4n) is 4.35. The smallest absolute Gasteiger partial charge is 0.254 e. The van der Waals surface area contributed by atoms with Gasteiger partial charge in [-0.3, -0.25) is 4.79 Å². The minimum absolute atomic E-state index is 0.202. The Bertz CT molecular complexity index is 746. The number of aromatic nitrogens is 1. The molecule has 1 fully saturated rings. The Kier molecular flexibility index (Phi) is 4.17. The summed E-state index contributed by atoms with van der Waals surface area (Å²) in [4.78, 5) is 15.4. The molecule has 0 spiro atoms. The van der Waals surface area contributed by atoms with Crippen LogP contribution in [0.3, 0.4) is 0 Å². The molecule has 0 N–H and O–H groups in total. The molecule has 1 aromatic heterocycles. The highest BCUT2D eigenvalue weighted by molar-refractivity contribution is 5.94. The summed E-state index contributed by atoms with van der Waals surface area (Å²) in [6.45, 7) is 0.867. The monoisotopic (exact) mass is 322 g/mol. The number of hydrogen-bond acceptors (Lipinski definition) is 1. The van der Waals surface area contributed by atoms with Gasteiger partial charge in [-0.25, -0.2) is 0 Å². The van der Waals surface area contributed by atoms with Crippen LogP contribution < -0.4 is 0 Å². The third kappa shape index (κ3) is 2.77. The Balaban J connectivity index is 1.66. The molecule has 126 valence electrons. The molecule has 24 heavy (non-hydrogen) atoms. The van der Waals surface area contributed by atoms with Gasteiger partial charge in [0, 0.05) is 31.0 Å². The molecule has 0 radical (unpaired) electrons. The third-order valence-electron chi connectivity index (χ3n) is 5.68. The van der Waals surface area contributed by atoms with E-state index in [9.17, 15) is 4.79 Å². The van der Waals surface area contributed by atoms with E-state index in [4.69, 9.17) is 0 Å². The van der Waals surface area contributed by atoms with Crippen LogP contribution in [0.25, 0.3) is 0 Å². The van der Waals surface area contributed by atoms with Crippen molar-refractivity contribution >= 4 is 5.91 Å². The third-order valence-corrected chi connectivity index (χ3v) is 5.68. The average Bonchev–Trinajstić information content (AvgIpc) is 3.16. The number of nitrogens with zero attached hydrogens (tertiary/aromatic N) is 2. The van der Waals surface area contributed by atoms with Gasteiger partial charge in [-0.15, -0.1) is 0 Å². The highest BCUT2D eigenvalue weighted by Crippen LogP contribution is 2.32. The zero-order chi connectivity index (χ0) is 16.5. The van der Waals surface area contributed by atoms with Gasteiger partial charge in [0.15, 0.2) is 0 Å². The molecular formula is C21H26N2O. The molecule has 3 heteroatoms. The number of carbonyl (C=O) groups is 1. The average molecular weight is 322 g/mol. The second-order valence-corrected chi connectivity index (χ2v) is 7.24. The predicted molar refractivity (Wildman–Crippen MR) is 96.1 cm³/mol. The van der Waals surface area contributed by atoms with Crippen LogP contribution in [0.2, 0.25) is 0 Å². The van der Waals surface area contributed by atoms with Crippen molar-refractivity contribution in [2.24, 2.45) is 7.05 Å². The van der Waals surface area contributed by atoms with Gasteiger partial charge in [0.2, 0.25) is 0 Å². The first kappa shape index (κ1) is 15.5. The zero-order valence-corrected chi connectivity index (χ0v) is 14.5. The highest BCUT2D eigenvalue weighted by Gasteiger charge is 2.29. The molecule has 1 atom stereocenters. The number of likely N-dealkylation sites (tertiary alicyclic amines) is 1. The molecule has 1 aliphatic heterocycles. The van der Waals surface area contributed by atoms with Gasteiger partial charge < -0.3 is 9.47 Å². The molecule has 1 aliphatic carbocycles. The SMILES string of the molecule is Cn1cccc1C1CCCCCN1C(=O)c1ccc2c(c1)CCC2. The minimum atomic E-state index is 0.202. The predicted octanol–water partition coefficient (Wildman–Crippen LogP) is 4.27. The van der Waals surface area contributed by atoms with E-state index in [1.165, 1.54) is 42.5 Å². The van der Waals surface area contributed by atoms with Crippen LogP contribution in [0.5, 0.6) is 0 Å². The van der Waals surface area contributed by atoms with Gasteiger partial charge in [0.1, 0.15) is 0 Å². The van der Waals surface area contributed by atoms with Crippen LogP contribution in [0.4, 0.5) is 0 Å². The van der Waals surface area contributed by atoms with Gasteiger partial charge in [-0.05, 0) is 67.5 Å². The number of hydrogen-bond donors (Lipinski definition) is 0. The lowest BCUT2D eigenvalue weighted by Gasteiger charge is -2.31. The Morgan fingerprint density at radius 1 is 1.04 bits per heavy atom. The van der Waals surface area contributed by atoms with E-state index in [0.717, 1.165) is 31.4 Å². The molecule has 2 aliphatic rings. The van der Waals surface area contributed by atoms with Gasteiger partial charge in [0.25, 0.3) is 5.91 Å². The minimum Gasteiger partial charge on any atom is -0.353 e. The lowest BCUT2D eigenvalue weighted by Crippen LogP contribution is -2.35. The number of carbonyl (C=O) groups excluding carboxylic acids is 1. The summed E-state index contributed by atoms with van der Waals surface area (Å²) >= 11 is 0. The summed E-state index contributed by atoms with van der Waals surface area (Å²) in [5.41, 5.74) is 4.94. The molecular weight excluding hydrogens is 296 g/mol. The molecule has 3 nitrogen and oxygen atoms in total. The highest BCUT2D eigenvalue weighted by atomic mass is 16.2. The van der Waals surface area contributed by atoms with Crippen molar-refractivity contribution < 1.29 is 4.79 Å². The Hall–Kier alpha value is -2.03. The van der Waals surface area contributed by atoms with Gasteiger partial charge in [0.05, 0.1) is 6.04 Å². The zero-order valence-electron chi connectivity index (χ0n) is 14.5. The summed E-state index contributed by atoms with van der Waals surface area (Å²) < 4.78 is 2.17. The molecule has 1 aromatic carbocycles. The second kappa shape index (κ2) is 6.46. The number of benzene rings is 1. The summed E-state index contributed by atoms with van der Waals surface area (Å²) in [6.07, 6.45) is 10.2.